The molecule has 0 spiro atoms. The minimum atomic E-state index is -0.646. The lowest BCUT2D eigenvalue weighted by molar-refractivity contribution is -0.142. The molecule has 0 aliphatic carbocycles. The van der Waals surface area contributed by atoms with Crippen molar-refractivity contribution in [3.05, 3.63) is 62.0 Å². The lowest BCUT2D eigenvalue weighted by Crippen LogP contribution is -2.53. The second-order valence-electron chi connectivity index (χ2n) is 8.72. The largest absolute Gasteiger partial charge is 0.484 e. The molecular weight excluding hydrogens is 524 g/mol. The number of ether oxygens (including phenoxy) is 1. The fourth-order valence-corrected chi connectivity index (χ4v) is 3.55. The van der Waals surface area contributed by atoms with Crippen LogP contribution in [-0.2, 0) is 16.1 Å². The van der Waals surface area contributed by atoms with Crippen molar-refractivity contribution in [3.63, 3.8) is 0 Å². The van der Waals surface area contributed by atoms with Crippen LogP contribution in [0.25, 0.3) is 0 Å². The molecule has 0 unspecified atom stereocenters. The number of carbonyl (C=O) groups excluding carboxylic acids is 2. The highest BCUT2D eigenvalue weighted by molar-refractivity contribution is 9.10. The van der Waals surface area contributed by atoms with Crippen LogP contribution in [-0.4, -0.2) is 34.9 Å². The molecule has 0 fully saturated rings. The van der Waals surface area contributed by atoms with Crippen LogP contribution in [0, 0.1) is 13.8 Å². The van der Waals surface area contributed by atoms with Crippen LogP contribution in [0.1, 0.15) is 44.4 Å². The van der Waals surface area contributed by atoms with Crippen molar-refractivity contribution in [1.29, 1.82) is 0 Å². The van der Waals surface area contributed by atoms with Gasteiger partial charge in [0, 0.05) is 21.0 Å². The van der Waals surface area contributed by atoms with Crippen LogP contribution in [0.3, 0.4) is 0 Å². The van der Waals surface area contributed by atoms with Gasteiger partial charge in [0.2, 0.25) is 5.91 Å². The molecule has 0 bridgehead atoms. The molecule has 7 heteroatoms. The van der Waals surface area contributed by atoms with Crippen molar-refractivity contribution in [2.75, 3.05) is 6.61 Å². The first-order valence-electron chi connectivity index (χ1n) is 10.1. The van der Waals surface area contributed by atoms with Gasteiger partial charge in [-0.1, -0.05) is 44.0 Å². The zero-order chi connectivity index (χ0) is 23.3. The van der Waals surface area contributed by atoms with Crippen LogP contribution >= 0.6 is 31.9 Å². The van der Waals surface area contributed by atoms with Gasteiger partial charge in [-0.2, -0.15) is 0 Å². The van der Waals surface area contributed by atoms with Gasteiger partial charge < -0.3 is 15.0 Å². The molecule has 0 saturated carbocycles. The Morgan fingerprint density at radius 1 is 1.06 bits per heavy atom. The third-order valence-corrected chi connectivity index (χ3v) is 6.48. The summed E-state index contributed by atoms with van der Waals surface area (Å²) in [7, 11) is 0. The van der Waals surface area contributed by atoms with Gasteiger partial charge in [-0.15, -0.1) is 0 Å². The third kappa shape index (κ3) is 7.65. The predicted octanol–water partition coefficient (Wildman–Crippen LogP) is 5.54. The van der Waals surface area contributed by atoms with Gasteiger partial charge in [0.05, 0.1) is 0 Å². The van der Waals surface area contributed by atoms with E-state index in [-0.39, 0.29) is 24.0 Å². The Labute approximate surface area is 201 Å². The van der Waals surface area contributed by atoms with Gasteiger partial charge >= 0.3 is 0 Å². The van der Waals surface area contributed by atoms with E-state index in [1.165, 1.54) is 0 Å². The third-order valence-electron chi connectivity index (χ3n) is 4.70. The van der Waals surface area contributed by atoms with E-state index in [1.54, 1.807) is 11.8 Å². The lowest BCUT2D eigenvalue weighted by atomic mass is 10.1. The van der Waals surface area contributed by atoms with Crippen molar-refractivity contribution in [3.8, 4) is 5.75 Å². The molecule has 0 aromatic heterocycles. The monoisotopic (exact) mass is 552 g/mol. The Morgan fingerprint density at radius 2 is 1.61 bits per heavy atom. The first kappa shape index (κ1) is 25.4. The van der Waals surface area contributed by atoms with Crippen LogP contribution in [0.5, 0.6) is 5.75 Å². The highest BCUT2D eigenvalue weighted by atomic mass is 79.9. The molecular formula is C24H30Br2N2O3. The molecule has 2 aromatic carbocycles. The van der Waals surface area contributed by atoms with E-state index in [9.17, 15) is 9.59 Å². The lowest BCUT2D eigenvalue weighted by Gasteiger charge is -2.31. The summed E-state index contributed by atoms with van der Waals surface area (Å²) in [5, 5.41) is 2.96. The molecule has 1 atom stereocenters. The minimum absolute atomic E-state index is 0.149. The summed E-state index contributed by atoms with van der Waals surface area (Å²) in [6, 6.07) is 10.8. The quantitative estimate of drug-likeness (QED) is 0.489. The van der Waals surface area contributed by atoms with Crippen molar-refractivity contribution >= 4 is 43.7 Å². The molecule has 2 rings (SSSR count). The molecule has 168 valence electrons. The number of hydrogen-bond acceptors (Lipinski definition) is 3. The van der Waals surface area contributed by atoms with E-state index in [4.69, 9.17) is 4.74 Å². The number of halogens is 2. The first-order valence-corrected chi connectivity index (χ1v) is 11.7. The van der Waals surface area contributed by atoms with Crippen molar-refractivity contribution < 1.29 is 14.3 Å². The fraction of sp³-hybridized carbons (Fsp3) is 0.417. The maximum absolute atomic E-state index is 13.1. The summed E-state index contributed by atoms with van der Waals surface area (Å²) >= 11 is 6.96. The van der Waals surface area contributed by atoms with E-state index in [1.807, 2.05) is 71.0 Å². The molecule has 1 N–H and O–H groups in total. The van der Waals surface area contributed by atoms with E-state index in [2.05, 4.69) is 37.2 Å². The van der Waals surface area contributed by atoms with Gasteiger partial charge in [0.25, 0.3) is 5.91 Å². The van der Waals surface area contributed by atoms with Gasteiger partial charge in [0.15, 0.2) is 6.61 Å². The molecule has 31 heavy (non-hydrogen) atoms. The van der Waals surface area contributed by atoms with Gasteiger partial charge in [-0.05, 0) is 82.5 Å². The first-order chi connectivity index (χ1) is 14.4. The Bertz CT molecular complexity index is 914. The van der Waals surface area contributed by atoms with E-state index in [0.29, 0.717) is 12.3 Å². The molecule has 0 aliphatic heterocycles. The number of rotatable bonds is 7. The number of hydrogen-bond donors (Lipinski definition) is 1. The van der Waals surface area contributed by atoms with Crippen molar-refractivity contribution in [2.45, 2.75) is 59.7 Å². The van der Waals surface area contributed by atoms with Crippen molar-refractivity contribution in [2.24, 2.45) is 0 Å². The number of amides is 2. The summed E-state index contributed by atoms with van der Waals surface area (Å²) in [6.07, 6.45) is 0. The van der Waals surface area contributed by atoms with Gasteiger partial charge in [0.1, 0.15) is 11.8 Å². The average Bonchev–Trinajstić information content (AvgIpc) is 2.67. The molecule has 0 radical (unpaired) electrons. The number of nitrogens with zero attached hydrogens (tertiary/aromatic N) is 1. The van der Waals surface area contributed by atoms with E-state index >= 15 is 0 Å². The molecule has 5 nitrogen and oxygen atoms in total. The number of benzene rings is 2. The zero-order valence-corrected chi connectivity index (χ0v) is 22.1. The molecule has 2 amide bonds. The van der Waals surface area contributed by atoms with Crippen LogP contribution in [0.2, 0.25) is 0 Å². The van der Waals surface area contributed by atoms with Crippen LogP contribution < -0.4 is 10.1 Å². The smallest absolute Gasteiger partial charge is 0.261 e. The normalized spacial score (nSPS) is 12.3. The highest BCUT2D eigenvalue weighted by Gasteiger charge is 2.28. The fourth-order valence-electron chi connectivity index (χ4n) is 3.06. The summed E-state index contributed by atoms with van der Waals surface area (Å²) < 4.78 is 7.78. The summed E-state index contributed by atoms with van der Waals surface area (Å²) in [5.74, 6) is 0.174. The van der Waals surface area contributed by atoms with Gasteiger partial charge in [-0.25, -0.2) is 0 Å². The maximum Gasteiger partial charge on any atom is 0.261 e. The van der Waals surface area contributed by atoms with Crippen LogP contribution in [0.15, 0.2) is 45.3 Å². The van der Waals surface area contributed by atoms with Crippen molar-refractivity contribution in [1.82, 2.24) is 10.2 Å². The molecule has 0 aliphatic rings. The van der Waals surface area contributed by atoms with E-state index in [0.717, 1.165) is 25.6 Å². The summed E-state index contributed by atoms with van der Waals surface area (Å²) in [4.78, 5) is 27.5. The Kier molecular flexibility index (Phi) is 8.72. The number of carbonyl (C=O) groups is 2. The molecule has 0 saturated heterocycles. The number of aryl methyl sites for hydroxylation is 2. The average molecular weight is 554 g/mol. The Hall–Kier alpha value is -1.86. The second-order valence-corrected chi connectivity index (χ2v) is 10.4. The second kappa shape index (κ2) is 10.6. The minimum Gasteiger partial charge on any atom is -0.484 e. The van der Waals surface area contributed by atoms with E-state index < -0.39 is 6.04 Å². The standard InChI is InChI=1S/C24H30Br2N2O3/c1-15-11-20(12-16(2)22(15)26)31-14-21(29)28(13-18-7-9-19(25)10-8-18)17(3)23(30)27-24(4,5)6/h7-12,17H,13-14H2,1-6H3,(H,27,30)/t17-/m0/s1. The van der Waals surface area contributed by atoms with Crippen LogP contribution in [0.4, 0.5) is 0 Å². The summed E-state index contributed by atoms with van der Waals surface area (Å²) in [6.45, 7) is 11.6. The predicted molar refractivity (Wildman–Crippen MR) is 131 cm³/mol. The maximum atomic E-state index is 13.1. The topological polar surface area (TPSA) is 58.6 Å². The Morgan fingerprint density at radius 3 is 2.13 bits per heavy atom. The summed E-state index contributed by atoms with van der Waals surface area (Å²) in [5.41, 5.74) is 2.61. The highest BCUT2D eigenvalue weighted by Crippen LogP contribution is 2.26. The number of nitrogens with one attached hydrogen (secondary N) is 1. The Balaban J connectivity index is 2.20. The zero-order valence-electron chi connectivity index (χ0n) is 18.9. The molecule has 2 aromatic rings. The molecule has 0 heterocycles. The van der Waals surface area contributed by atoms with Gasteiger partial charge in [-0.3, -0.25) is 9.59 Å². The SMILES string of the molecule is Cc1cc(OCC(=O)N(Cc2ccc(Br)cc2)[C@@H](C)C(=O)NC(C)(C)C)cc(C)c1Br.